The van der Waals surface area contributed by atoms with Gasteiger partial charge in [-0.15, -0.1) is 0 Å². The Balaban J connectivity index is 2.12. The number of hydrogen-bond acceptors (Lipinski definition) is 3. The number of imide groups is 1. The Labute approximate surface area is 118 Å². The van der Waals surface area contributed by atoms with Gasteiger partial charge >= 0.3 is 0 Å². The molecule has 0 radical (unpaired) electrons. The minimum Gasteiger partial charge on any atom is -0.296 e. The molecular weight excluding hydrogens is 308 g/mol. The van der Waals surface area contributed by atoms with E-state index < -0.39 is 0 Å². The highest BCUT2D eigenvalue weighted by atomic mass is 79.9. The van der Waals surface area contributed by atoms with Crippen molar-refractivity contribution in [1.29, 1.82) is 0 Å². The lowest BCUT2D eigenvalue weighted by Gasteiger charge is -2.22. The van der Waals surface area contributed by atoms with Crippen LogP contribution in [0.15, 0.2) is 35.1 Å². The first kappa shape index (κ1) is 12.3. The molecule has 3 rings (SSSR count). The molecule has 1 aliphatic heterocycles. The number of hydrogen-bond donors (Lipinski definition) is 1. The molecule has 1 N–H and O–H groups in total. The molecule has 0 saturated carbocycles. The summed E-state index contributed by atoms with van der Waals surface area (Å²) in [6, 6.07) is 5.89. The average Bonchev–Trinajstić information content (AvgIpc) is 2.38. The second-order valence-electron chi connectivity index (χ2n) is 4.60. The van der Waals surface area contributed by atoms with E-state index in [1.807, 2.05) is 18.2 Å². The first-order valence-corrected chi connectivity index (χ1v) is 6.81. The van der Waals surface area contributed by atoms with E-state index in [4.69, 9.17) is 0 Å². The third kappa shape index (κ3) is 2.26. The van der Waals surface area contributed by atoms with Crippen molar-refractivity contribution in [1.82, 2.24) is 10.3 Å². The number of piperidine rings is 1. The number of carbonyl (C=O) groups is 2. The molecule has 4 nitrogen and oxygen atoms in total. The molecule has 5 heteroatoms. The Morgan fingerprint density at radius 3 is 2.89 bits per heavy atom. The number of halogens is 1. The van der Waals surface area contributed by atoms with Crippen molar-refractivity contribution >= 4 is 38.5 Å². The van der Waals surface area contributed by atoms with Gasteiger partial charge in [0.05, 0.1) is 5.92 Å². The molecule has 1 aromatic heterocycles. The molecule has 1 atom stereocenters. The van der Waals surface area contributed by atoms with Gasteiger partial charge in [-0.05, 0) is 29.5 Å². The molecule has 1 unspecified atom stereocenters. The van der Waals surface area contributed by atoms with Crippen LogP contribution in [0.25, 0.3) is 10.8 Å². The van der Waals surface area contributed by atoms with Crippen LogP contribution >= 0.6 is 15.9 Å². The second kappa shape index (κ2) is 4.74. The molecule has 1 aromatic carbocycles. The summed E-state index contributed by atoms with van der Waals surface area (Å²) in [4.78, 5) is 27.4. The van der Waals surface area contributed by atoms with Crippen LogP contribution in [-0.2, 0) is 9.59 Å². The fourth-order valence-electron chi connectivity index (χ4n) is 2.43. The van der Waals surface area contributed by atoms with Gasteiger partial charge in [0.25, 0.3) is 0 Å². The first-order valence-electron chi connectivity index (χ1n) is 6.02. The van der Waals surface area contributed by atoms with Crippen LogP contribution in [-0.4, -0.2) is 16.8 Å². The Bertz CT molecular complexity index is 684. The molecule has 2 amide bonds. The smallest absolute Gasteiger partial charge is 0.234 e. The van der Waals surface area contributed by atoms with E-state index in [1.165, 1.54) is 0 Å². The summed E-state index contributed by atoms with van der Waals surface area (Å²) in [5.74, 6) is -0.732. The summed E-state index contributed by atoms with van der Waals surface area (Å²) < 4.78 is 0.958. The van der Waals surface area contributed by atoms with E-state index in [9.17, 15) is 9.59 Å². The molecule has 2 aromatic rings. The summed E-state index contributed by atoms with van der Waals surface area (Å²) in [7, 11) is 0. The monoisotopic (exact) mass is 318 g/mol. The molecular formula is C14H11BrN2O2. The van der Waals surface area contributed by atoms with Crippen molar-refractivity contribution in [3.63, 3.8) is 0 Å². The quantitative estimate of drug-likeness (QED) is 0.822. The number of rotatable bonds is 1. The van der Waals surface area contributed by atoms with Crippen molar-refractivity contribution in [2.45, 2.75) is 18.8 Å². The van der Waals surface area contributed by atoms with Crippen LogP contribution in [0.1, 0.15) is 24.3 Å². The summed E-state index contributed by atoms with van der Waals surface area (Å²) in [6.45, 7) is 0. The molecule has 2 heterocycles. The maximum atomic E-state index is 12.0. The maximum absolute atomic E-state index is 12.0. The van der Waals surface area contributed by atoms with E-state index in [1.54, 1.807) is 12.4 Å². The zero-order chi connectivity index (χ0) is 13.4. The molecule has 1 fully saturated rings. The highest BCUT2D eigenvalue weighted by Crippen LogP contribution is 2.31. The summed E-state index contributed by atoms with van der Waals surface area (Å²) >= 11 is 3.44. The lowest BCUT2D eigenvalue weighted by Crippen LogP contribution is -2.39. The van der Waals surface area contributed by atoms with Gasteiger partial charge < -0.3 is 0 Å². The van der Waals surface area contributed by atoms with Gasteiger partial charge in [-0.2, -0.15) is 0 Å². The Hall–Kier alpha value is -1.75. The number of aromatic nitrogens is 1. The van der Waals surface area contributed by atoms with E-state index >= 15 is 0 Å². The van der Waals surface area contributed by atoms with E-state index in [-0.39, 0.29) is 17.7 Å². The standard InChI is InChI=1S/C14H11BrN2O2/c15-9-2-1-8-6-16-7-12(11(8)5-9)10-3-4-13(18)17-14(10)19/h1-2,5-7,10H,3-4H2,(H,17,18,19). The van der Waals surface area contributed by atoms with Crippen LogP contribution in [0.3, 0.4) is 0 Å². The number of nitrogens with one attached hydrogen (secondary N) is 1. The molecule has 1 saturated heterocycles. The number of carbonyl (C=O) groups excluding carboxylic acids is 2. The number of benzene rings is 1. The van der Waals surface area contributed by atoms with E-state index in [2.05, 4.69) is 26.2 Å². The van der Waals surface area contributed by atoms with Gasteiger partial charge in [0.2, 0.25) is 11.8 Å². The maximum Gasteiger partial charge on any atom is 0.234 e. The molecule has 0 aliphatic carbocycles. The summed E-state index contributed by atoms with van der Waals surface area (Å²) in [5.41, 5.74) is 0.879. The fourth-order valence-corrected chi connectivity index (χ4v) is 2.79. The topological polar surface area (TPSA) is 59.1 Å². The van der Waals surface area contributed by atoms with Crippen molar-refractivity contribution in [3.8, 4) is 0 Å². The SMILES string of the molecule is O=C1CCC(c2cncc3ccc(Br)cc23)C(=O)N1. The van der Waals surface area contributed by atoms with E-state index in [0.29, 0.717) is 12.8 Å². The van der Waals surface area contributed by atoms with Crippen LogP contribution in [0.2, 0.25) is 0 Å². The van der Waals surface area contributed by atoms with Crippen molar-refractivity contribution < 1.29 is 9.59 Å². The van der Waals surface area contributed by atoms with Crippen molar-refractivity contribution in [2.24, 2.45) is 0 Å². The average molecular weight is 319 g/mol. The molecule has 19 heavy (non-hydrogen) atoms. The van der Waals surface area contributed by atoms with Crippen LogP contribution in [0.5, 0.6) is 0 Å². The number of nitrogens with zero attached hydrogens (tertiary/aromatic N) is 1. The summed E-state index contributed by atoms with van der Waals surface area (Å²) in [5, 5.41) is 4.38. The molecule has 0 bridgehead atoms. The molecule has 0 spiro atoms. The Morgan fingerprint density at radius 2 is 2.11 bits per heavy atom. The van der Waals surface area contributed by atoms with Crippen molar-refractivity contribution in [3.05, 3.63) is 40.6 Å². The van der Waals surface area contributed by atoms with Crippen LogP contribution < -0.4 is 5.32 Å². The van der Waals surface area contributed by atoms with Crippen molar-refractivity contribution in [2.75, 3.05) is 0 Å². The largest absolute Gasteiger partial charge is 0.296 e. The van der Waals surface area contributed by atoms with Gasteiger partial charge in [0.15, 0.2) is 0 Å². The predicted molar refractivity (Wildman–Crippen MR) is 74.6 cm³/mol. The third-order valence-corrected chi connectivity index (χ3v) is 3.86. The van der Waals surface area contributed by atoms with Gasteiger partial charge in [0, 0.05) is 28.7 Å². The normalized spacial score (nSPS) is 19.5. The molecule has 96 valence electrons. The fraction of sp³-hybridized carbons (Fsp3) is 0.214. The highest BCUT2D eigenvalue weighted by Gasteiger charge is 2.29. The van der Waals surface area contributed by atoms with Gasteiger partial charge in [-0.3, -0.25) is 19.9 Å². The highest BCUT2D eigenvalue weighted by molar-refractivity contribution is 9.10. The Kier molecular flexibility index (Phi) is 3.06. The zero-order valence-electron chi connectivity index (χ0n) is 10.0. The Morgan fingerprint density at radius 1 is 1.26 bits per heavy atom. The minimum atomic E-state index is -0.303. The third-order valence-electron chi connectivity index (χ3n) is 3.37. The van der Waals surface area contributed by atoms with Gasteiger partial charge in [0.1, 0.15) is 0 Å². The summed E-state index contributed by atoms with van der Waals surface area (Å²) in [6.07, 6.45) is 4.41. The lowest BCUT2D eigenvalue weighted by molar-refractivity contribution is -0.134. The van der Waals surface area contributed by atoms with Crippen LogP contribution in [0.4, 0.5) is 0 Å². The van der Waals surface area contributed by atoms with Crippen LogP contribution in [0, 0.1) is 0 Å². The van der Waals surface area contributed by atoms with Gasteiger partial charge in [-0.1, -0.05) is 22.0 Å². The second-order valence-corrected chi connectivity index (χ2v) is 5.51. The first-order chi connectivity index (χ1) is 9.15. The predicted octanol–water partition coefficient (Wildman–Crippen LogP) is 2.52. The number of pyridine rings is 1. The zero-order valence-corrected chi connectivity index (χ0v) is 11.6. The molecule has 1 aliphatic rings. The van der Waals surface area contributed by atoms with Gasteiger partial charge in [-0.25, -0.2) is 0 Å². The lowest BCUT2D eigenvalue weighted by atomic mass is 9.89. The number of fused-ring (bicyclic) bond motifs is 1. The minimum absolute atomic E-state index is 0.198. The number of amides is 2. The van der Waals surface area contributed by atoms with E-state index in [0.717, 1.165) is 20.8 Å².